The first kappa shape index (κ1) is 22.4. The fourth-order valence-electron chi connectivity index (χ4n) is 4.92. The summed E-state index contributed by atoms with van der Waals surface area (Å²) in [4.78, 5) is 31.1. The van der Waals surface area contributed by atoms with Gasteiger partial charge in [-0.15, -0.1) is 0 Å². The van der Waals surface area contributed by atoms with Gasteiger partial charge in [0.1, 0.15) is 11.5 Å². The van der Waals surface area contributed by atoms with Gasteiger partial charge >= 0.3 is 0 Å². The molecule has 1 amide bonds. The predicted octanol–water partition coefficient (Wildman–Crippen LogP) is 2.78. The molecule has 2 aliphatic heterocycles. The molecule has 10 nitrogen and oxygen atoms in total. The summed E-state index contributed by atoms with van der Waals surface area (Å²) in [6.07, 6.45) is 5.12. The Morgan fingerprint density at radius 3 is 2.47 bits per heavy atom. The van der Waals surface area contributed by atoms with Gasteiger partial charge in [0, 0.05) is 43.6 Å². The van der Waals surface area contributed by atoms with Crippen molar-refractivity contribution in [3.63, 3.8) is 0 Å². The number of carbonyl (C=O) groups excluding carboxylic acids is 1. The number of nitrogens with zero attached hydrogens (tertiary/aromatic N) is 7. The van der Waals surface area contributed by atoms with E-state index in [-0.39, 0.29) is 11.9 Å². The highest BCUT2D eigenvalue weighted by atomic mass is 16.5. The van der Waals surface area contributed by atoms with Crippen molar-refractivity contribution in [1.82, 2.24) is 29.6 Å². The molecule has 4 aromatic rings. The van der Waals surface area contributed by atoms with Crippen LogP contribution in [0.25, 0.3) is 22.4 Å². The van der Waals surface area contributed by atoms with Gasteiger partial charge in [0.05, 0.1) is 30.8 Å². The van der Waals surface area contributed by atoms with Crippen LogP contribution in [-0.4, -0.2) is 74.9 Å². The van der Waals surface area contributed by atoms with Crippen LogP contribution in [0.4, 0.5) is 11.5 Å². The zero-order valence-electron chi connectivity index (χ0n) is 20.0. The van der Waals surface area contributed by atoms with Gasteiger partial charge in [0.25, 0.3) is 5.91 Å². The van der Waals surface area contributed by atoms with Crippen molar-refractivity contribution in [1.29, 1.82) is 0 Å². The van der Waals surface area contributed by atoms with Crippen LogP contribution >= 0.6 is 0 Å². The molecule has 5 heterocycles. The summed E-state index contributed by atoms with van der Waals surface area (Å²) in [6.45, 7) is 4.17. The molecule has 2 fully saturated rings. The maximum atomic E-state index is 12.8. The van der Waals surface area contributed by atoms with Gasteiger partial charge in [-0.2, -0.15) is 5.10 Å². The highest BCUT2D eigenvalue weighted by Crippen LogP contribution is 2.32. The Bertz CT molecular complexity index is 1360. The maximum absolute atomic E-state index is 12.8. The monoisotopic (exact) mass is 484 g/mol. The molecule has 0 aliphatic carbocycles. The lowest BCUT2D eigenvalue weighted by atomic mass is 10.0. The molecule has 6 rings (SSSR count). The second-order valence-electron chi connectivity index (χ2n) is 9.16. The molecule has 10 heteroatoms. The summed E-state index contributed by atoms with van der Waals surface area (Å²) in [7, 11) is 0. The van der Waals surface area contributed by atoms with E-state index in [9.17, 15) is 4.79 Å². The predicted molar refractivity (Wildman–Crippen MR) is 137 cm³/mol. The van der Waals surface area contributed by atoms with E-state index in [2.05, 4.69) is 9.88 Å². The highest BCUT2D eigenvalue weighted by Gasteiger charge is 2.28. The van der Waals surface area contributed by atoms with Crippen LogP contribution in [0.1, 0.15) is 29.4 Å². The Labute approximate surface area is 208 Å². The van der Waals surface area contributed by atoms with E-state index >= 15 is 0 Å². The molecule has 0 bridgehead atoms. The van der Waals surface area contributed by atoms with E-state index in [0.717, 1.165) is 48.3 Å². The molecule has 1 aromatic carbocycles. The number of fused-ring (bicyclic) bond motifs is 1. The second-order valence-corrected chi connectivity index (χ2v) is 9.16. The Kier molecular flexibility index (Phi) is 5.94. The number of carbonyl (C=O) groups is 1. The number of anilines is 2. The first-order chi connectivity index (χ1) is 17.7. The van der Waals surface area contributed by atoms with Crippen molar-refractivity contribution in [3.05, 3.63) is 60.6 Å². The quantitative estimate of drug-likeness (QED) is 0.440. The fraction of sp³-hybridized carbons (Fsp3) is 0.346. The average Bonchev–Trinajstić information content (AvgIpc) is 3.38. The lowest BCUT2D eigenvalue weighted by Gasteiger charge is -2.32. The molecule has 0 unspecified atom stereocenters. The molecule has 2 aliphatic rings. The van der Waals surface area contributed by atoms with Crippen LogP contribution in [0.3, 0.4) is 0 Å². The number of hydrogen-bond acceptors (Lipinski definition) is 8. The molecule has 2 saturated heterocycles. The Morgan fingerprint density at radius 1 is 0.972 bits per heavy atom. The smallest absolute Gasteiger partial charge is 0.272 e. The number of nitrogens with two attached hydrogens (primary N) is 1. The third-order valence-corrected chi connectivity index (χ3v) is 6.89. The molecule has 0 saturated carbocycles. The van der Waals surface area contributed by atoms with E-state index in [4.69, 9.17) is 25.5 Å². The first-order valence-electron chi connectivity index (χ1n) is 12.3. The van der Waals surface area contributed by atoms with Crippen LogP contribution in [0.15, 0.2) is 54.9 Å². The van der Waals surface area contributed by atoms with Gasteiger partial charge < -0.3 is 20.3 Å². The SMILES string of the molecule is Nc1ccc(-c2nc(N3CCOCC3)c3cnn(C4CCN(C(=O)c5ccccn5)CC4)c3n2)cc1. The van der Waals surface area contributed by atoms with Crippen molar-refractivity contribution < 1.29 is 9.53 Å². The minimum absolute atomic E-state index is 0.0260. The molecule has 0 radical (unpaired) electrons. The van der Waals surface area contributed by atoms with Crippen molar-refractivity contribution in [3.8, 4) is 11.4 Å². The van der Waals surface area contributed by atoms with E-state index in [1.165, 1.54) is 0 Å². The van der Waals surface area contributed by atoms with Gasteiger partial charge in [-0.25, -0.2) is 14.6 Å². The summed E-state index contributed by atoms with van der Waals surface area (Å²) < 4.78 is 7.58. The van der Waals surface area contributed by atoms with Gasteiger partial charge in [-0.1, -0.05) is 6.07 Å². The summed E-state index contributed by atoms with van der Waals surface area (Å²) in [5.41, 5.74) is 8.81. The number of nitrogen functional groups attached to an aromatic ring is 1. The molecule has 36 heavy (non-hydrogen) atoms. The first-order valence-corrected chi connectivity index (χ1v) is 12.3. The number of piperidine rings is 1. The van der Waals surface area contributed by atoms with Crippen LogP contribution in [0.2, 0.25) is 0 Å². The van der Waals surface area contributed by atoms with Crippen LogP contribution in [0.5, 0.6) is 0 Å². The topological polar surface area (TPSA) is 115 Å². The Morgan fingerprint density at radius 2 is 1.75 bits per heavy atom. The standard InChI is InChI=1S/C26H28N8O2/c27-19-6-4-18(5-7-19)23-30-24(32-13-15-36-16-14-32)21-17-29-34(25(21)31-23)20-8-11-33(12-9-20)26(35)22-3-1-2-10-28-22/h1-7,10,17,20H,8-9,11-16,27H2. The normalized spacial score (nSPS) is 17.0. The third kappa shape index (κ3) is 4.24. The molecule has 2 N–H and O–H groups in total. The Balaban J connectivity index is 1.32. The molecular weight excluding hydrogens is 456 g/mol. The van der Waals surface area contributed by atoms with E-state index in [1.807, 2.05) is 52.2 Å². The average molecular weight is 485 g/mol. The minimum Gasteiger partial charge on any atom is -0.399 e. The van der Waals surface area contributed by atoms with E-state index in [1.54, 1.807) is 12.3 Å². The third-order valence-electron chi connectivity index (χ3n) is 6.89. The Hall–Kier alpha value is -4.05. The number of aromatic nitrogens is 5. The number of hydrogen-bond donors (Lipinski definition) is 1. The highest BCUT2D eigenvalue weighted by molar-refractivity contribution is 5.92. The van der Waals surface area contributed by atoms with Crippen LogP contribution in [0, 0.1) is 0 Å². The summed E-state index contributed by atoms with van der Waals surface area (Å²) in [5, 5.41) is 5.71. The largest absolute Gasteiger partial charge is 0.399 e. The van der Waals surface area contributed by atoms with Gasteiger partial charge in [0.2, 0.25) is 0 Å². The number of amides is 1. The van der Waals surface area contributed by atoms with E-state index in [0.29, 0.717) is 43.5 Å². The zero-order valence-corrected chi connectivity index (χ0v) is 20.0. The van der Waals surface area contributed by atoms with Gasteiger partial charge in [-0.05, 0) is 49.2 Å². The number of likely N-dealkylation sites (tertiary alicyclic amines) is 1. The maximum Gasteiger partial charge on any atom is 0.272 e. The van der Waals surface area contributed by atoms with Gasteiger partial charge in [0.15, 0.2) is 11.5 Å². The van der Waals surface area contributed by atoms with Crippen LogP contribution in [-0.2, 0) is 4.74 Å². The van der Waals surface area contributed by atoms with Gasteiger partial charge in [-0.3, -0.25) is 9.78 Å². The molecule has 184 valence electrons. The zero-order chi connectivity index (χ0) is 24.5. The molecule has 0 atom stereocenters. The molecular formula is C26H28N8O2. The van der Waals surface area contributed by atoms with Crippen molar-refractivity contribution >= 4 is 28.4 Å². The number of pyridine rings is 1. The molecule has 0 spiro atoms. The lowest BCUT2D eigenvalue weighted by molar-refractivity contribution is 0.0685. The second kappa shape index (κ2) is 9.54. The minimum atomic E-state index is -0.0260. The number of rotatable bonds is 4. The number of ether oxygens (including phenoxy) is 1. The van der Waals surface area contributed by atoms with Crippen LogP contribution < -0.4 is 10.6 Å². The fourth-order valence-corrected chi connectivity index (χ4v) is 4.92. The number of morpholine rings is 1. The summed E-state index contributed by atoms with van der Waals surface area (Å²) in [6, 6.07) is 13.2. The summed E-state index contributed by atoms with van der Waals surface area (Å²) in [5.74, 6) is 1.50. The van der Waals surface area contributed by atoms with Crippen molar-refractivity contribution in [2.75, 3.05) is 50.0 Å². The van der Waals surface area contributed by atoms with Crippen molar-refractivity contribution in [2.24, 2.45) is 0 Å². The summed E-state index contributed by atoms with van der Waals surface area (Å²) >= 11 is 0. The van der Waals surface area contributed by atoms with E-state index < -0.39 is 0 Å². The molecule has 3 aromatic heterocycles. The van der Waals surface area contributed by atoms with Crippen molar-refractivity contribution in [2.45, 2.75) is 18.9 Å². The number of benzene rings is 1. The lowest BCUT2D eigenvalue weighted by Crippen LogP contribution is -2.39.